The van der Waals surface area contributed by atoms with Gasteiger partial charge in [-0.1, -0.05) is 29.8 Å². The van der Waals surface area contributed by atoms with Gasteiger partial charge in [0.1, 0.15) is 12.4 Å². The number of hydrogen-bond donors (Lipinski definition) is 1. The van der Waals surface area contributed by atoms with Crippen LogP contribution in [0, 0.1) is 6.92 Å². The molecule has 2 aromatic rings. The third kappa shape index (κ3) is 4.06. The van der Waals surface area contributed by atoms with Crippen LogP contribution in [0.25, 0.3) is 0 Å². The highest BCUT2D eigenvalue weighted by molar-refractivity contribution is 6.31. The number of aliphatic imine (C=N–C) groups is 1. The molecule has 0 aliphatic heterocycles. The van der Waals surface area contributed by atoms with Crippen molar-refractivity contribution in [2.75, 3.05) is 7.05 Å². The summed E-state index contributed by atoms with van der Waals surface area (Å²) >= 11 is 6.28. The van der Waals surface area contributed by atoms with E-state index in [9.17, 15) is 0 Å². The van der Waals surface area contributed by atoms with Crippen molar-refractivity contribution >= 4 is 17.6 Å². The average Bonchev–Trinajstić information content (AvgIpc) is 3.33. The van der Waals surface area contributed by atoms with Crippen molar-refractivity contribution < 1.29 is 0 Å². The van der Waals surface area contributed by atoms with Gasteiger partial charge in [0.05, 0.1) is 0 Å². The average molecular weight is 347 g/mol. The van der Waals surface area contributed by atoms with Gasteiger partial charge in [-0.05, 0) is 31.4 Å². The van der Waals surface area contributed by atoms with Crippen molar-refractivity contribution in [2.24, 2.45) is 12.0 Å². The van der Waals surface area contributed by atoms with Gasteiger partial charge in [-0.3, -0.25) is 0 Å². The van der Waals surface area contributed by atoms with E-state index in [1.807, 2.05) is 49.9 Å². The Morgan fingerprint density at radius 2 is 2.12 bits per heavy atom. The highest BCUT2D eigenvalue weighted by atomic mass is 35.5. The lowest BCUT2D eigenvalue weighted by Crippen LogP contribution is -2.39. The topological polar surface area (TPSA) is 58.3 Å². The van der Waals surface area contributed by atoms with Gasteiger partial charge in [-0.2, -0.15) is 0 Å². The highest BCUT2D eigenvalue weighted by Gasteiger charge is 2.24. The Hall–Kier alpha value is -2.08. The molecule has 3 rings (SSSR count). The first kappa shape index (κ1) is 16.8. The molecule has 1 aliphatic rings. The van der Waals surface area contributed by atoms with Gasteiger partial charge in [0.15, 0.2) is 11.8 Å². The van der Waals surface area contributed by atoms with E-state index in [1.54, 1.807) is 0 Å². The van der Waals surface area contributed by atoms with Gasteiger partial charge in [0.25, 0.3) is 0 Å². The first-order valence-electron chi connectivity index (χ1n) is 8.15. The molecular formula is C17H23ClN6. The standard InChI is InChI=1S/C17H23ClN6/c1-12-21-22-16(24(12)3)10-19-17(20-14-8-9-14)23(2)11-13-6-4-5-7-15(13)18/h4-7,14H,8-11H2,1-3H3,(H,19,20). The molecule has 0 saturated heterocycles. The Morgan fingerprint density at radius 3 is 2.75 bits per heavy atom. The number of aromatic nitrogens is 3. The molecule has 0 radical (unpaired) electrons. The first-order valence-corrected chi connectivity index (χ1v) is 8.53. The normalized spacial score (nSPS) is 14.8. The number of benzene rings is 1. The quantitative estimate of drug-likeness (QED) is 0.667. The number of aryl methyl sites for hydroxylation is 1. The zero-order valence-corrected chi connectivity index (χ0v) is 15.1. The van der Waals surface area contributed by atoms with Gasteiger partial charge in [0, 0.05) is 31.7 Å². The minimum Gasteiger partial charge on any atom is -0.353 e. The Bertz CT molecular complexity index is 734. The summed E-state index contributed by atoms with van der Waals surface area (Å²) < 4.78 is 1.96. The number of rotatable bonds is 5. The van der Waals surface area contributed by atoms with Gasteiger partial charge < -0.3 is 14.8 Å². The maximum absolute atomic E-state index is 6.28. The largest absolute Gasteiger partial charge is 0.353 e. The van der Waals surface area contributed by atoms with Crippen LogP contribution in [0.15, 0.2) is 29.3 Å². The Balaban J connectivity index is 1.73. The maximum atomic E-state index is 6.28. The van der Waals surface area contributed by atoms with Crippen LogP contribution in [0.5, 0.6) is 0 Å². The molecule has 1 saturated carbocycles. The zero-order chi connectivity index (χ0) is 17.1. The summed E-state index contributed by atoms with van der Waals surface area (Å²) in [6.07, 6.45) is 2.39. The molecule has 1 fully saturated rings. The second-order valence-corrected chi connectivity index (χ2v) is 6.64. The van der Waals surface area contributed by atoms with Crippen molar-refractivity contribution in [2.45, 2.75) is 38.9 Å². The summed E-state index contributed by atoms with van der Waals surface area (Å²) in [6, 6.07) is 8.43. The van der Waals surface area contributed by atoms with E-state index in [0.29, 0.717) is 19.1 Å². The van der Waals surface area contributed by atoms with Gasteiger partial charge in [-0.15, -0.1) is 10.2 Å². The third-order valence-electron chi connectivity index (χ3n) is 4.19. The summed E-state index contributed by atoms with van der Waals surface area (Å²) in [6.45, 7) is 3.14. The number of hydrogen-bond acceptors (Lipinski definition) is 3. The lowest BCUT2D eigenvalue weighted by Gasteiger charge is -2.23. The smallest absolute Gasteiger partial charge is 0.194 e. The maximum Gasteiger partial charge on any atom is 0.194 e. The van der Waals surface area contributed by atoms with Crippen LogP contribution < -0.4 is 5.32 Å². The highest BCUT2D eigenvalue weighted by Crippen LogP contribution is 2.20. The predicted molar refractivity (Wildman–Crippen MR) is 96.0 cm³/mol. The summed E-state index contributed by atoms with van der Waals surface area (Å²) in [5.41, 5.74) is 1.08. The van der Waals surface area contributed by atoms with Gasteiger partial charge in [0.2, 0.25) is 0 Å². The fraction of sp³-hybridized carbons (Fsp3) is 0.471. The molecule has 0 bridgehead atoms. The molecule has 6 nitrogen and oxygen atoms in total. The summed E-state index contributed by atoms with van der Waals surface area (Å²) in [4.78, 5) is 6.84. The molecule has 0 amide bonds. The van der Waals surface area contributed by atoms with E-state index in [4.69, 9.17) is 16.6 Å². The van der Waals surface area contributed by atoms with Crippen LogP contribution in [-0.2, 0) is 20.1 Å². The Labute approximate surface area is 147 Å². The van der Waals surface area contributed by atoms with Gasteiger partial charge >= 0.3 is 0 Å². The minimum atomic E-state index is 0.499. The first-order chi connectivity index (χ1) is 11.5. The van der Waals surface area contributed by atoms with Crippen molar-refractivity contribution in [1.29, 1.82) is 0 Å². The van der Waals surface area contributed by atoms with Crippen LogP contribution in [0.2, 0.25) is 5.02 Å². The number of halogens is 1. The fourth-order valence-electron chi connectivity index (χ4n) is 2.38. The summed E-state index contributed by atoms with van der Waals surface area (Å²) in [5, 5.41) is 12.5. The molecule has 1 N–H and O–H groups in total. The van der Waals surface area contributed by atoms with Crippen molar-refractivity contribution in [3.8, 4) is 0 Å². The number of guanidine groups is 1. The Kier molecular flexibility index (Phi) is 5.04. The molecule has 1 aromatic carbocycles. The fourth-order valence-corrected chi connectivity index (χ4v) is 2.57. The van der Waals surface area contributed by atoms with Crippen molar-refractivity contribution in [3.63, 3.8) is 0 Å². The van der Waals surface area contributed by atoms with E-state index >= 15 is 0 Å². The SMILES string of the molecule is Cc1nnc(CN=C(NC2CC2)N(C)Cc2ccccc2Cl)n1C. The monoisotopic (exact) mass is 346 g/mol. The second-order valence-electron chi connectivity index (χ2n) is 6.23. The van der Waals surface area contributed by atoms with Crippen LogP contribution in [-0.4, -0.2) is 38.7 Å². The van der Waals surface area contributed by atoms with Crippen LogP contribution in [0.4, 0.5) is 0 Å². The van der Waals surface area contributed by atoms with Crippen LogP contribution in [0.3, 0.4) is 0 Å². The molecule has 1 aliphatic carbocycles. The molecule has 128 valence electrons. The van der Waals surface area contributed by atoms with Crippen molar-refractivity contribution in [3.05, 3.63) is 46.5 Å². The molecule has 1 aromatic heterocycles. The van der Waals surface area contributed by atoms with E-state index in [1.165, 1.54) is 12.8 Å². The molecule has 7 heteroatoms. The zero-order valence-electron chi connectivity index (χ0n) is 14.3. The van der Waals surface area contributed by atoms with E-state index in [2.05, 4.69) is 20.4 Å². The number of nitrogens with one attached hydrogen (secondary N) is 1. The number of nitrogens with zero attached hydrogens (tertiary/aromatic N) is 5. The lowest BCUT2D eigenvalue weighted by molar-refractivity contribution is 0.473. The van der Waals surface area contributed by atoms with E-state index < -0.39 is 0 Å². The molecular weight excluding hydrogens is 324 g/mol. The van der Waals surface area contributed by atoms with Crippen LogP contribution in [0.1, 0.15) is 30.1 Å². The third-order valence-corrected chi connectivity index (χ3v) is 4.56. The molecule has 0 spiro atoms. The Morgan fingerprint density at radius 1 is 1.38 bits per heavy atom. The van der Waals surface area contributed by atoms with Crippen LogP contribution >= 0.6 is 11.6 Å². The lowest BCUT2D eigenvalue weighted by atomic mass is 10.2. The molecule has 1 heterocycles. The molecule has 0 unspecified atom stereocenters. The van der Waals surface area contributed by atoms with Crippen molar-refractivity contribution in [1.82, 2.24) is 25.0 Å². The molecule has 24 heavy (non-hydrogen) atoms. The summed E-state index contributed by atoms with van der Waals surface area (Å²) in [7, 11) is 3.99. The summed E-state index contributed by atoms with van der Waals surface area (Å²) in [5.74, 6) is 2.62. The minimum absolute atomic E-state index is 0.499. The molecule has 0 atom stereocenters. The van der Waals surface area contributed by atoms with E-state index in [-0.39, 0.29) is 0 Å². The second kappa shape index (κ2) is 7.21. The van der Waals surface area contributed by atoms with E-state index in [0.717, 1.165) is 28.2 Å². The predicted octanol–water partition coefficient (Wildman–Crippen LogP) is 2.52. The van der Waals surface area contributed by atoms with Gasteiger partial charge in [-0.25, -0.2) is 4.99 Å².